The monoisotopic (exact) mass is 273 g/mol. The molecule has 2 atom stereocenters. The molecule has 4 heteroatoms. The van der Waals surface area contributed by atoms with Gasteiger partial charge in [0.05, 0.1) is 6.61 Å². The Morgan fingerprint density at radius 3 is 2.83 bits per heavy atom. The van der Waals surface area contributed by atoms with Crippen LogP contribution in [0, 0.1) is 11.7 Å². The fourth-order valence-corrected chi connectivity index (χ4v) is 2.53. The molecule has 0 bridgehead atoms. The number of piperidine rings is 1. The molecule has 1 fully saturated rings. The Kier molecular flexibility index (Phi) is 5.89. The van der Waals surface area contributed by atoms with Crippen molar-refractivity contribution in [3.8, 4) is 5.75 Å². The largest absolute Gasteiger partial charge is 0.491 e. The molecule has 0 amide bonds. The van der Waals surface area contributed by atoms with Crippen LogP contribution in [0.4, 0.5) is 4.39 Å². The van der Waals surface area contributed by atoms with Crippen molar-refractivity contribution in [2.24, 2.45) is 5.92 Å². The van der Waals surface area contributed by atoms with E-state index in [1.807, 2.05) is 13.0 Å². The van der Waals surface area contributed by atoms with Crippen molar-refractivity contribution >= 4 is 12.4 Å². The van der Waals surface area contributed by atoms with E-state index >= 15 is 0 Å². The van der Waals surface area contributed by atoms with Crippen molar-refractivity contribution in [2.45, 2.75) is 26.2 Å². The van der Waals surface area contributed by atoms with Crippen LogP contribution in [0.3, 0.4) is 0 Å². The van der Waals surface area contributed by atoms with Crippen molar-refractivity contribution in [3.63, 3.8) is 0 Å². The molecule has 2 nitrogen and oxygen atoms in total. The quantitative estimate of drug-likeness (QED) is 0.912. The van der Waals surface area contributed by atoms with Crippen LogP contribution in [-0.4, -0.2) is 19.7 Å². The van der Waals surface area contributed by atoms with Gasteiger partial charge in [0, 0.05) is 0 Å². The van der Waals surface area contributed by atoms with Gasteiger partial charge in [-0.25, -0.2) is 4.39 Å². The average molecular weight is 274 g/mol. The summed E-state index contributed by atoms with van der Waals surface area (Å²) in [5.74, 6) is 1.13. The third kappa shape index (κ3) is 3.36. The van der Waals surface area contributed by atoms with Crippen LogP contribution in [0.5, 0.6) is 5.75 Å². The van der Waals surface area contributed by atoms with Gasteiger partial charge in [-0.1, -0.05) is 13.0 Å². The summed E-state index contributed by atoms with van der Waals surface area (Å²) in [4.78, 5) is 0. The van der Waals surface area contributed by atoms with Crippen molar-refractivity contribution in [3.05, 3.63) is 29.6 Å². The Balaban J connectivity index is 0.00000162. The van der Waals surface area contributed by atoms with E-state index in [4.69, 9.17) is 4.74 Å². The van der Waals surface area contributed by atoms with Gasteiger partial charge < -0.3 is 10.1 Å². The molecule has 0 aromatic heterocycles. The fraction of sp³-hybridized carbons (Fsp3) is 0.571. The second-order valence-electron chi connectivity index (χ2n) is 4.70. The van der Waals surface area contributed by atoms with Crippen molar-refractivity contribution in [1.82, 2.24) is 5.32 Å². The first-order valence-corrected chi connectivity index (χ1v) is 6.35. The molecule has 1 aliphatic rings. The number of halogens is 2. The van der Waals surface area contributed by atoms with Crippen molar-refractivity contribution in [2.75, 3.05) is 19.7 Å². The van der Waals surface area contributed by atoms with E-state index < -0.39 is 0 Å². The van der Waals surface area contributed by atoms with Crippen LogP contribution in [0.1, 0.15) is 31.7 Å². The SMILES string of the molecule is CCOc1ccc([C@H]2CCNC[C@H]2C)cc1F.Cl. The molecule has 1 heterocycles. The van der Waals surface area contributed by atoms with Gasteiger partial charge in [0.25, 0.3) is 0 Å². The van der Waals surface area contributed by atoms with Crippen LogP contribution in [0.2, 0.25) is 0 Å². The maximum atomic E-state index is 13.8. The lowest BCUT2D eigenvalue weighted by molar-refractivity contribution is 0.319. The molecule has 1 aromatic carbocycles. The van der Waals surface area contributed by atoms with Crippen LogP contribution in [0.15, 0.2) is 18.2 Å². The van der Waals surface area contributed by atoms with E-state index in [1.54, 1.807) is 12.1 Å². The summed E-state index contributed by atoms with van der Waals surface area (Å²) in [6, 6.07) is 5.39. The normalized spacial score (nSPS) is 23.3. The Hall–Kier alpha value is -0.800. The fourth-order valence-electron chi connectivity index (χ4n) is 2.53. The highest BCUT2D eigenvalue weighted by Gasteiger charge is 2.23. The third-order valence-corrected chi connectivity index (χ3v) is 3.47. The number of nitrogens with one attached hydrogen (secondary N) is 1. The van der Waals surface area contributed by atoms with Gasteiger partial charge in [-0.3, -0.25) is 0 Å². The minimum atomic E-state index is -0.241. The molecule has 18 heavy (non-hydrogen) atoms. The summed E-state index contributed by atoms with van der Waals surface area (Å²) < 4.78 is 19.0. The predicted octanol–water partition coefficient (Wildman–Crippen LogP) is 3.36. The van der Waals surface area contributed by atoms with Gasteiger partial charge in [0.1, 0.15) is 0 Å². The lowest BCUT2D eigenvalue weighted by Crippen LogP contribution is -2.33. The Labute approximate surface area is 114 Å². The minimum absolute atomic E-state index is 0. The molecule has 1 saturated heterocycles. The van der Waals surface area contributed by atoms with E-state index in [1.165, 1.54) is 0 Å². The first-order valence-electron chi connectivity index (χ1n) is 6.35. The van der Waals surface area contributed by atoms with Gasteiger partial charge >= 0.3 is 0 Å². The van der Waals surface area contributed by atoms with Gasteiger partial charge in [0.2, 0.25) is 0 Å². The summed E-state index contributed by atoms with van der Waals surface area (Å²) >= 11 is 0. The highest BCUT2D eigenvalue weighted by Crippen LogP contribution is 2.32. The molecule has 2 rings (SSSR count). The summed E-state index contributed by atoms with van der Waals surface area (Å²) in [7, 11) is 0. The molecule has 102 valence electrons. The zero-order valence-electron chi connectivity index (χ0n) is 10.9. The third-order valence-electron chi connectivity index (χ3n) is 3.47. The predicted molar refractivity (Wildman–Crippen MR) is 74.2 cm³/mol. The van der Waals surface area contributed by atoms with Crippen molar-refractivity contribution in [1.29, 1.82) is 0 Å². The lowest BCUT2D eigenvalue weighted by atomic mass is 9.82. The second-order valence-corrected chi connectivity index (χ2v) is 4.70. The number of rotatable bonds is 3. The first-order chi connectivity index (χ1) is 8.22. The zero-order valence-corrected chi connectivity index (χ0v) is 11.7. The molecule has 1 aromatic rings. The molecule has 1 N–H and O–H groups in total. The van der Waals surface area contributed by atoms with Gasteiger partial charge in [-0.15, -0.1) is 12.4 Å². The van der Waals surface area contributed by atoms with Crippen molar-refractivity contribution < 1.29 is 9.13 Å². The second kappa shape index (κ2) is 6.95. The lowest BCUT2D eigenvalue weighted by Gasteiger charge is -2.30. The molecular weight excluding hydrogens is 253 g/mol. The topological polar surface area (TPSA) is 21.3 Å². The van der Waals surface area contributed by atoms with Crippen LogP contribution < -0.4 is 10.1 Å². The van der Waals surface area contributed by atoms with Gasteiger partial charge in [0.15, 0.2) is 11.6 Å². The summed E-state index contributed by atoms with van der Waals surface area (Å²) in [5.41, 5.74) is 1.10. The average Bonchev–Trinajstić information content (AvgIpc) is 2.33. The summed E-state index contributed by atoms with van der Waals surface area (Å²) in [5, 5.41) is 3.36. The number of hydrogen-bond acceptors (Lipinski definition) is 2. The Morgan fingerprint density at radius 1 is 1.44 bits per heavy atom. The Bertz CT molecular complexity index is 386. The van der Waals surface area contributed by atoms with E-state index in [0.717, 1.165) is 25.1 Å². The molecule has 0 unspecified atom stereocenters. The van der Waals surface area contributed by atoms with E-state index in [0.29, 0.717) is 24.2 Å². The van der Waals surface area contributed by atoms with Crippen LogP contribution in [0.25, 0.3) is 0 Å². The zero-order chi connectivity index (χ0) is 12.3. The van der Waals surface area contributed by atoms with E-state index in [2.05, 4.69) is 12.2 Å². The van der Waals surface area contributed by atoms with Gasteiger partial charge in [-0.05, 0) is 56.0 Å². The smallest absolute Gasteiger partial charge is 0.165 e. The molecule has 0 aliphatic carbocycles. The highest BCUT2D eigenvalue weighted by molar-refractivity contribution is 5.85. The minimum Gasteiger partial charge on any atom is -0.491 e. The highest BCUT2D eigenvalue weighted by atomic mass is 35.5. The maximum Gasteiger partial charge on any atom is 0.165 e. The molecule has 0 radical (unpaired) electrons. The Morgan fingerprint density at radius 2 is 2.22 bits per heavy atom. The summed E-state index contributed by atoms with van der Waals surface area (Å²) in [6.07, 6.45) is 1.08. The van der Waals surface area contributed by atoms with Gasteiger partial charge in [-0.2, -0.15) is 0 Å². The molecule has 0 spiro atoms. The van der Waals surface area contributed by atoms with E-state index in [9.17, 15) is 4.39 Å². The maximum absolute atomic E-state index is 13.8. The van der Waals surface area contributed by atoms with E-state index in [-0.39, 0.29) is 18.2 Å². The number of hydrogen-bond donors (Lipinski definition) is 1. The molecule has 0 saturated carbocycles. The number of ether oxygens (including phenoxy) is 1. The molecular formula is C14H21ClFNO. The number of benzene rings is 1. The first kappa shape index (κ1) is 15.3. The molecule has 1 aliphatic heterocycles. The standard InChI is InChI=1S/C14H20FNO.ClH/c1-3-17-14-5-4-11(8-13(14)15)12-6-7-16-9-10(12)2;/h4-5,8,10,12,16H,3,6-7,9H2,1-2H3;1H/t10-,12+;/m1./s1. The van der Waals surface area contributed by atoms with Crippen LogP contribution >= 0.6 is 12.4 Å². The van der Waals surface area contributed by atoms with Crippen LogP contribution in [-0.2, 0) is 0 Å². The summed E-state index contributed by atoms with van der Waals surface area (Å²) in [6.45, 7) is 6.61.